The van der Waals surface area contributed by atoms with Gasteiger partial charge in [-0.25, -0.2) is 0 Å². The van der Waals surface area contributed by atoms with E-state index >= 15 is 0 Å². The second-order valence-electron chi connectivity index (χ2n) is 4.37. The first-order valence-electron chi connectivity index (χ1n) is 6.13. The van der Waals surface area contributed by atoms with Gasteiger partial charge in [-0.1, -0.05) is 17.7 Å². The van der Waals surface area contributed by atoms with Gasteiger partial charge in [-0.05, 0) is 36.4 Å². The Morgan fingerprint density at radius 2 is 1.91 bits per heavy atom. The number of alkyl halides is 3. The molecule has 0 saturated heterocycles. The van der Waals surface area contributed by atoms with Crippen LogP contribution in [0, 0.1) is 0 Å². The Labute approximate surface area is 129 Å². The number of ether oxygens (including phenoxy) is 1. The summed E-state index contributed by atoms with van der Waals surface area (Å²) in [6.45, 7) is 0. The van der Waals surface area contributed by atoms with E-state index in [1.54, 1.807) is 12.1 Å². The number of methoxy groups -OCH3 is 1. The van der Waals surface area contributed by atoms with Gasteiger partial charge in [0.15, 0.2) is 0 Å². The van der Waals surface area contributed by atoms with Crippen LogP contribution in [0.1, 0.15) is 15.9 Å². The zero-order valence-corrected chi connectivity index (χ0v) is 12.1. The van der Waals surface area contributed by atoms with Crippen LogP contribution in [-0.4, -0.2) is 13.0 Å². The summed E-state index contributed by atoms with van der Waals surface area (Å²) in [6.07, 6.45) is -4.62. The highest BCUT2D eigenvalue weighted by Gasteiger charge is 2.34. The lowest BCUT2D eigenvalue weighted by atomic mass is 10.1. The molecule has 116 valence electrons. The van der Waals surface area contributed by atoms with Gasteiger partial charge in [0.05, 0.1) is 18.4 Å². The van der Waals surface area contributed by atoms with Crippen molar-refractivity contribution in [3.63, 3.8) is 0 Å². The molecule has 0 unspecified atom stereocenters. The molecule has 1 amide bonds. The van der Waals surface area contributed by atoms with Crippen LogP contribution in [0.25, 0.3) is 0 Å². The lowest BCUT2D eigenvalue weighted by molar-refractivity contribution is -0.136. The third-order valence-electron chi connectivity index (χ3n) is 2.87. The summed E-state index contributed by atoms with van der Waals surface area (Å²) >= 11 is 5.59. The number of carbonyl (C=O) groups excluding carboxylic acids is 1. The molecule has 0 fully saturated rings. The Bertz CT molecular complexity index is 701. The normalized spacial score (nSPS) is 11.1. The number of nitrogens with one attached hydrogen (secondary N) is 1. The number of anilines is 1. The highest BCUT2D eigenvalue weighted by molar-refractivity contribution is 6.30. The molecular formula is C15H11ClF3NO2. The largest absolute Gasteiger partial charge is 0.497 e. The van der Waals surface area contributed by atoms with Crippen LogP contribution in [0.4, 0.5) is 18.9 Å². The number of benzene rings is 2. The quantitative estimate of drug-likeness (QED) is 0.892. The average molecular weight is 330 g/mol. The van der Waals surface area contributed by atoms with Crippen LogP contribution in [0.5, 0.6) is 5.75 Å². The SMILES string of the molecule is COc1cccc(C(=O)Nc2ccc(Cl)cc2C(F)(F)F)c1. The molecule has 0 aliphatic carbocycles. The Morgan fingerprint density at radius 3 is 2.55 bits per heavy atom. The summed E-state index contributed by atoms with van der Waals surface area (Å²) < 4.78 is 43.9. The van der Waals surface area contributed by atoms with Crippen molar-refractivity contribution in [2.24, 2.45) is 0 Å². The zero-order valence-electron chi connectivity index (χ0n) is 11.4. The Balaban J connectivity index is 2.32. The first-order chi connectivity index (χ1) is 10.3. The monoisotopic (exact) mass is 329 g/mol. The van der Waals surface area contributed by atoms with E-state index in [0.717, 1.165) is 12.1 Å². The fraction of sp³-hybridized carbons (Fsp3) is 0.133. The highest BCUT2D eigenvalue weighted by Crippen LogP contribution is 2.36. The third kappa shape index (κ3) is 3.71. The maximum absolute atomic E-state index is 13.0. The summed E-state index contributed by atoms with van der Waals surface area (Å²) in [6, 6.07) is 9.25. The molecule has 0 spiro atoms. The van der Waals surface area contributed by atoms with Crippen molar-refractivity contribution in [3.05, 3.63) is 58.6 Å². The summed E-state index contributed by atoms with van der Waals surface area (Å²) in [5.41, 5.74) is -1.18. The Kier molecular flexibility index (Phi) is 4.61. The molecule has 3 nitrogen and oxygen atoms in total. The van der Waals surface area contributed by atoms with E-state index in [0.29, 0.717) is 5.75 Å². The predicted molar refractivity (Wildman–Crippen MR) is 77.4 cm³/mol. The molecular weight excluding hydrogens is 319 g/mol. The summed E-state index contributed by atoms with van der Waals surface area (Å²) in [5.74, 6) is -0.244. The number of hydrogen-bond acceptors (Lipinski definition) is 2. The van der Waals surface area contributed by atoms with Crippen molar-refractivity contribution >= 4 is 23.2 Å². The molecule has 0 aromatic heterocycles. The van der Waals surface area contributed by atoms with Gasteiger partial charge in [0.1, 0.15) is 5.75 Å². The minimum Gasteiger partial charge on any atom is -0.497 e. The van der Waals surface area contributed by atoms with Crippen LogP contribution in [-0.2, 0) is 6.18 Å². The predicted octanol–water partition coefficient (Wildman–Crippen LogP) is 4.62. The van der Waals surface area contributed by atoms with Crippen molar-refractivity contribution in [2.75, 3.05) is 12.4 Å². The van der Waals surface area contributed by atoms with Crippen LogP contribution in [0.3, 0.4) is 0 Å². The smallest absolute Gasteiger partial charge is 0.418 e. The number of halogens is 4. The first-order valence-corrected chi connectivity index (χ1v) is 6.51. The molecule has 0 aliphatic heterocycles. The van der Waals surface area contributed by atoms with Crippen LogP contribution in [0.2, 0.25) is 5.02 Å². The fourth-order valence-corrected chi connectivity index (χ4v) is 1.99. The third-order valence-corrected chi connectivity index (χ3v) is 3.10. The molecule has 2 aromatic rings. The van der Waals surface area contributed by atoms with E-state index in [2.05, 4.69) is 5.32 Å². The van der Waals surface area contributed by atoms with E-state index in [1.165, 1.54) is 25.3 Å². The van der Waals surface area contributed by atoms with E-state index in [9.17, 15) is 18.0 Å². The van der Waals surface area contributed by atoms with Gasteiger partial charge in [-0.3, -0.25) is 4.79 Å². The number of carbonyl (C=O) groups is 1. The fourth-order valence-electron chi connectivity index (χ4n) is 1.82. The van der Waals surface area contributed by atoms with E-state index in [1.807, 2.05) is 0 Å². The van der Waals surface area contributed by atoms with Gasteiger partial charge in [-0.15, -0.1) is 0 Å². The molecule has 7 heteroatoms. The van der Waals surface area contributed by atoms with E-state index < -0.39 is 17.6 Å². The van der Waals surface area contributed by atoms with Gasteiger partial charge in [0, 0.05) is 10.6 Å². The van der Waals surface area contributed by atoms with Crippen LogP contribution in [0.15, 0.2) is 42.5 Å². The van der Waals surface area contributed by atoms with Crippen molar-refractivity contribution < 1.29 is 22.7 Å². The maximum atomic E-state index is 13.0. The molecule has 2 rings (SSSR count). The average Bonchev–Trinajstić information content (AvgIpc) is 2.48. The standard InChI is InChI=1S/C15H11ClF3NO2/c1-22-11-4-2-3-9(7-11)14(21)20-13-6-5-10(16)8-12(13)15(17,18)19/h2-8H,1H3,(H,20,21). The second-order valence-corrected chi connectivity index (χ2v) is 4.81. The zero-order chi connectivity index (χ0) is 16.3. The molecule has 22 heavy (non-hydrogen) atoms. The molecule has 2 aromatic carbocycles. The number of rotatable bonds is 3. The molecule has 0 radical (unpaired) electrons. The van der Waals surface area contributed by atoms with Crippen LogP contribution >= 0.6 is 11.6 Å². The Hall–Kier alpha value is -2.21. The lowest BCUT2D eigenvalue weighted by Crippen LogP contribution is -2.16. The number of amides is 1. The number of hydrogen-bond donors (Lipinski definition) is 1. The molecule has 0 saturated carbocycles. The van der Waals surface area contributed by atoms with Gasteiger partial charge in [-0.2, -0.15) is 13.2 Å². The van der Waals surface area contributed by atoms with Gasteiger partial charge in [0.25, 0.3) is 5.91 Å². The van der Waals surface area contributed by atoms with Crippen molar-refractivity contribution in [3.8, 4) is 5.75 Å². The first kappa shape index (κ1) is 16.2. The molecule has 0 atom stereocenters. The van der Waals surface area contributed by atoms with Gasteiger partial charge < -0.3 is 10.1 Å². The van der Waals surface area contributed by atoms with Crippen molar-refractivity contribution in [1.29, 1.82) is 0 Å². The minimum absolute atomic E-state index is 0.0632. The summed E-state index contributed by atoms with van der Waals surface area (Å²) in [4.78, 5) is 12.1. The molecule has 1 N–H and O–H groups in total. The summed E-state index contributed by atoms with van der Waals surface area (Å²) in [5, 5.41) is 2.18. The summed E-state index contributed by atoms with van der Waals surface area (Å²) in [7, 11) is 1.43. The lowest BCUT2D eigenvalue weighted by Gasteiger charge is -2.14. The minimum atomic E-state index is -4.62. The molecule has 0 aliphatic rings. The van der Waals surface area contributed by atoms with Crippen molar-refractivity contribution in [2.45, 2.75) is 6.18 Å². The molecule has 0 bridgehead atoms. The van der Waals surface area contributed by atoms with E-state index in [4.69, 9.17) is 16.3 Å². The Morgan fingerprint density at radius 1 is 1.18 bits per heavy atom. The van der Waals surface area contributed by atoms with Gasteiger partial charge >= 0.3 is 6.18 Å². The van der Waals surface area contributed by atoms with E-state index in [-0.39, 0.29) is 16.3 Å². The molecule has 0 heterocycles. The highest BCUT2D eigenvalue weighted by atomic mass is 35.5. The van der Waals surface area contributed by atoms with Crippen LogP contribution < -0.4 is 10.1 Å². The second kappa shape index (κ2) is 6.27. The maximum Gasteiger partial charge on any atom is 0.418 e. The van der Waals surface area contributed by atoms with Gasteiger partial charge in [0.2, 0.25) is 0 Å². The topological polar surface area (TPSA) is 38.3 Å². The van der Waals surface area contributed by atoms with Crippen molar-refractivity contribution in [1.82, 2.24) is 0 Å².